The van der Waals surface area contributed by atoms with Crippen molar-refractivity contribution in [2.45, 2.75) is 19.9 Å². The van der Waals surface area contributed by atoms with Crippen LogP contribution in [0.25, 0.3) is 0 Å². The Morgan fingerprint density at radius 3 is 2.85 bits per heavy atom. The van der Waals surface area contributed by atoms with E-state index in [1.165, 1.54) is 5.56 Å². The molecular formula is C10H15ClN2. The standard InChI is InChI=1S/C10H15ClN2/c1-8-5-4-6-12-10(8)13(3)9(2)7-11/h4-6,9H,7H2,1-3H3. The molecule has 0 aromatic carbocycles. The minimum atomic E-state index is 0.315. The van der Waals surface area contributed by atoms with Gasteiger partial charge in [-0.15, -0.1) is 11.6 Å². The second kappa shape index (κ2) is 4.47. The van der Waals surface area contributed by atoms with Gasteiger partial charge in [-0.2, -0.15) is 0 Å². The molecule has 72 valence electrons. The molecule has 1 unspecified atom stereocenters. The summed E-state index contributed by atoms with van der Waals surface area (Å²) in [5, 5.41) is 0. The van der Waals surface area contributed by atoms with Gasteiger partial charge in [-0.25, -0.2) is 4.98 Å². The Bertz CT molecular complexity index is 275. The molecule has 0 fully saturated rings. The van der Waals surface area contributed by atoms with E-state index in [0.29, 0.717) is 11.9 Å². The van der Waals surface area contributed by atoms with E-state index in [-0.39, 0.29) is 0 Å². The van der Waals surface area contributed by atoms with Gasteiger partial charge >= 0.3 is 0 Å². The smallest absolute Gasteiger partial charge is 0.131 e. The summed E-state index contributed by atoms with van der Waals surface area (Å²) in [6.45, 7) is 4.14. The van der Waals surface area contributed by atoms with Gasteiger partial charge in [0.2, 0.25) is 0 Å². The van der Waals surface area contributed by atoms with Crippen molar-refractivity contribution in [2.75, 3.05) is 17.8 Å². The number of aryl methyl sites for hydroxylation is 1. The number of pyridine rings is 1. The van der Waals surface area contributed by atoms with Crippen LogP contribution in [0.4, 0.5) is 5.82 Å². The van der Waals surface area contributed by atoms with Gasteiger partial charge in [-0.05, 0) is 25.5 Å². The maximum absolute atomic E-state index is 5.78. The van der Waals surface area contributed by atoms with E-state index in [0.717, 1.165) is 5.82 Å². The highest BCUT2D eigenvalue weighted by molar-refractivity contribution is 6.18. The first-order chi connectivity index (χ1) is 6.16. The van der Waals surface area contributed by atoms with Crippen molar-refractivity contribution < 1.29 is 0 Å². The summed E-state index contributed by atoms with van der Waals surface area (Å²) < 4.78 is 0. The number of aromatic nitrogens is 1. The maximum atomic E-state index is 5.78. The highest BCUT2D eigenvalue weighted by Gasteiger charge is 2.11. The van der Waals surface area contributed by atoms with Crippen LogP contribution in [0.2, 0.25) is 0 Å². The lowest BCUT2D eigenvalue weighted by Crippen LogP contribution is -2.31. The van der Waals surface area contributed by atoms with E-state index < -0.39 is 0 Å². The van der Waals surface area contributed by atoms with Crippen LogP contribution in [-0.2, 0) is 0 Å². The maximum Gasteiger partial charge on any atom is 0.131 e. The number of rotatable bonds is 3. The Kier molecular flexibility index (Phi) is 3.55. The molecule has 0 N–H and O–H groups in total. The number of anilines is 1. The van der Waals surface area contributed by atoms with Gasteiger partial charge in [-0.1, -0.05) is 6.07 Å². The van der Waals surface area contributed by atoms with Crippen molar-refractivity contribution in [1.29, 1.82) is 0 Å². The van der Waals surface area contributed by atoms with Crippen molar-refractivity contribution in [3.05, 3.63) is 23.9 Å². The van der Waals surface area contributed by atoms with Crippen molar-refractivity contribution in [3.63, 3.8) is 0 Å². The number of nitrogens with zero attached hydrogens (tertiary/aromatic N) is 2. The minimum absolute atomic E-state index is 0.315. The lowest BCUT2D eigenvalue weighted by molar-refractivity contribution is 0.746. The van der Waals surface area contributed by atoms with Gasteiger partial charge < -0.3 is 4.90 Å². The lowest BCUT2D eigenvalue weighted by atomic mass is 10.2. The first-order valence-electron chi connectivity index (χ1n) is 4.37. The van der Waals surface area contributed by atoms with Crippen molar-refractivity contribution in [3.8, 4) is 0 Å². The molecule has 0 saturated carbocycles. The number of hydrogen-bond acceptors (Lipinski definition) is 2. The molecular weight excluding hydrogens is 184 g/mol. The predicted molar refractivity (Wildman–Crippen MR) is 57.6 cm³/mol. The molecule has 2 nitrogen and oxygen atoms in total. The van der Waals surface area contributed by atoms with E-state index in [1.807, 2.05) is 13.1 Å². The molecule has 1 aromatic rings. The Morgan fingerprint density at radius 1 is 1.62 bits per heavy atom. The molecule has 0 amide bonds. The normalized spacial score (nSPS) is 12.6. The van der Waals surface area contributed by atoms with E-state index in [1.54, 1.807) is 6.20 Å². The molecule has 0 bridgehead atoms. The first kappa shape index (κ1) is 10.3. The number of halogens is 1. The third-order valence-electron chi connectivity index (χ3n) is 2.20. The largest absolute Gasteiger partial charge is 0.356 e. The molecule has 1 rings (SSSR count). The van der Waals surface area contributed by atoms with Crippen molar-refractivity contribution >= 4 is 17.4 Å². The van der Waals surface area contributed by atoms with E-state index in [9.17, 15) is 0 Å². The molecule has 1 aromatic heterocycles. The van der Waals surface area contributed by atoms with Crippen LogP contribution >= 0.6 is 11.6 Å². The summed E-state index contributed by atoms with van der Waals surface area (Å²) in [6, 6.07) is 4.31. The topological polar surface area (TPSA) is 16.1 Å². The van der Waals surface area contributed by atoms with Crippen LogP contribution in [0, 0.1) is 6.92 Å². The molecule has 1 heterocycles. The molecule has 13 heavy (non-hydrogen) atoms. The monoisotopic (exact) mass is 198 g/mol. The summed E-state index contributed by atoms with van der Waals surface area (Å²) in [5.41, 5.74) is 1.18. The lowest BCUT2D eigenvalue weighted by Gasteiger charge is -2.25. The third kappa shape index (κ3) is 2.34. The number of hydrogen-bond donors (Lipinski definition) is 0. The van der Waals surface area contributed by atoms with Crippen molar-refractivity contribution in [1.82, 2.24) is 4.98 Å². The van der Waals surface area contributed by atoms with E-state index in [4.69, 9.17) is 11.6 Å². The summed E-state index contributed by atoms with van der Waals surface area (Å²) in [6.07, 6.45) is 1.81. The Morgan fingerprint density at radius 2 is 2.31 bits per heavy atom. The summed E-state index contributed by atoms with van der Waals surface area (Å²) in [7, 11) is 2.02. The van der Waals surface area contributed by atoms with Gasteiger partial charge in [0, 0.05) is 25.2 Å². The molecule has 1 atom stereocenters. The van der Waals surface area contributed by atoms with Crippen LogP contribution in [0.1, 0.15) is 12.5 Å². The van der Waals surface area contributed by atoms with Crippen LogP contribution in [0.15, 0.2) is 18.3 Å². The van der Waals surface area contributed by atoms with Crippen LogP contribution in [0.3, 0.4) is 0 Å². The average molecular weight is 199 g/mol. The molecule has 3 heteroatoms. The Balaban J connectivity index is 2.88. The van der Waals surface area contributed by atoms with Crippen LogP contribution < -0.4 is 4.90 Å². The zero-order chi connectivity index (χ0) is 9.84. The summed E-state index contributed by atoms with van der Waals surface area (Å²) in [4.78, 5) is 6.41. The zero-order valence-corrected chi connectivity index (χ0v) is 9.04. The fraction of sp³-hybridized carbons (Fsp3) is 0.500. The van der Waals surface area contributed by atoms with Crippen LogP contribution in [0.5, 0.6) is 0 Å². The summed E-state index contributed by atoms with van der Waals surface area (Å²) in [5.74, 6) is 1.63. The molecule has 0 aliphatic heterocycles. The second-order valence-corrected chi connectivity index (χ2v) is 3.57. The highest BCUT2D eigenvalue weighted by atomic mass is 35.5. The fourth-order valence-electron chi connectivity index (χ4n) is 1.16. The average Bonchev–Trinajstić information content (AvgIpc) is 2.16. The summed E-state index contributed by atoms with van der Waals surface area (Å²) >= 11 is 5.78. The third-order valence-corrected chi connectivity index (χ3v) is 2.65. The van der Waals surface area contributed by atoms with Gasteiger partial charge in [0.1, 0.15) is 5.82 Å². The van der Waals surface area contributed by atoms with Gasteiger partial charge in [0.05, 0.1) is 0 Å². The molecule has 0 saturated heterocycles. The fourth-order valence-corrected chi connectivity index (χ4v) is 1.37. The van der Waals surface area contributed by atoms with Gasteiger partial charge in [0.15, 0.2) is 0 Å². The Labute approximate surface area is 84.5 Å². The Hall–Kier alpha value is -0.760. The molecule has 0 radical (unpaired) electrons. The minimum Gasteiger partial charge on any atom is -0.356 e. The predicted octanol–water partition coefficient (Wildman–Crippen LogP) is 2.45. The number of alkyl halides is 1. The molecule has 0 aliphatic rings. The SMILES string of the molecule is Cc1cccnc1N(C)C(C)CCl. The second-order valence-electron chi connectivity index (χ2n) is 3.26. The van der Waals surface area contributed by atoms with Gasteiger partial charge in [-0.3, -0.25) is 0 Å². The van der Waals surface area contributed by atoms with E-state index >= 15 is 0 Å². The van der Waals surface area contributed by atoms with E-state index in [2.05, 4.69) is 29.8 Å². The first-order valence-corrected chi connectivity index (χ1v) is 4.90. The highest BCUT2D eigenvalue weighted by Crippen LogP contribution is 2.16. The van der Waals surface area contributed by atoms with Crippen molar-refractivity contribution in [2.24, 2.45) is 0 Å². The van der Waals surface area contributed by atoms with Crippen LogP contribution in [-0.4, -0.2) is 24.0 Å². The molecule has 0 aliphatic carbocycles. The van der Waals surface area contributed by atoms with Gasteiger partial charge in [0.25, 0.3) is 0 Å². The molecule has 0 spiro atoms. The quantitative estimate of drug-likeness (QED) is 0.694. The zero-order valence-electron chi connectivity index (χ0n) is 8.29.